The summed E-state index contributed by atoms with van der Waals surface area (Å²) in [5.74, 6) is 0. The van der Waals surface area contributed by atoms with Crippen LogP contribution in [-0.2, 0) is 0 Å². The normalized spacial score (nSPS) is 10.5. The number of rotatable bonds is 2. The SMILES string of the molecule is Cc1cnccc1-c1cc[n+](-c2ccccc2C)cc1. The first kappa shape index (κ1) is 12.5. The third-order valence-electron chi connectivity index (χ3n) is 3.55. The summed E-state index contributed by atoms with van der Waals surface area (Å²) in [5, 5.41) is 0. The number of aromatic nitrogens is 2. The van der Waals surface area contributed by atoms with Crippen LogP contribution in [0.15, 0.2) is 67.3 Å². The van der Waals surface area contributed by atoms with Crippen LogP contribution in [0.25, 0.3) is 16.8 Å². The van der Waals surface area contributed by atoms with Gasteiger partial charge in [-0.15, -0.1) is 0 Å². The summed E-state index contributed by atoms with van der Waals surface area (Å²) in [4.78, 5) is 4.14. The first-order valence-electron chi connectivity index (χ1n) is 6.74. The molecule has 0 bridgehead atoms. The van der Waals surface area contributed by atoms with E-state index in [4.69, 9.17) is 0 Å². The van der Waals surface area contributed by atoms with Gasteiger partial charge in [-0.25, -0.2) is 0 Å². The van der Waals surface area contributed by atoms with Gasteiger partial charge in [0.2, 0.25) is 5.69 Å². The van der Waals surface area contributed by atoms with Crippen LogP contribution in [0.2, 0.25) is 0 Å². The third kappa shape index (κ3) is 2.32. The molecule has 0 aliphatic heterocycles. The van der Waals surface area contributed by atoms with Crippen molar-refractivity contribution >= 4 is 0 Å². The Kier molecular flexibility index (Phi) is 3.30. The minimum Gasteiger partial charge on any atom is -0.264 e. The smallest absolute Gasteiger partial charge is 0.213 e. The van der Waals surface area contributed by atoms with E-state index in [1.807, 2.05) is 12.4 Å². The van der Waals surface area contributed by atoms with Crippen LogP contribution < -0.4 is 4.57 Å². The molecule has 0 saturated carbocycles. The van der Waals surface area contributed by atoms with Crippen LogP contribution in [-0.4, -0.2) is 4.98 Å². The number of pyridine rings is 2. The maximum absolute atomic E-state index is 4.14. The summed E-state index contributed by atoms with van der Waals surface area (Å²) in [7, 11) is 0. The lowest BCUT2D eigenvalue weighted by Crippen LogP contribution is -2.30. The highest BCUT2D eigenvalue weighted by Crippen LogP contribution is 2.21. The van der Waals surface area contributed by atoms with Crippen molar-refractivity contribution in [2.45, 2.75) is 13.8 Å². The van der Waals surface area contributed by atoms with Crippen molar-refractivity contribution in [3.8, 4) is 16.8 Å². The van der Waals surface area contributed by atoms with Crippen molar-refractivity contribution in [3.63, 3.8) is 0 Å². The number of para-hydroxylation sites is 1. The molecular formula is C18H17N2+. The number of benzene rings is 1. The van der Waals surface area contributed by atoms with Gasteiger partial charge in [0.1, 0.15) is 0 Å². The standard InChI is InChI=1S/C18H17N2/c1-14-5-3-4-6-18(14)20-11-8-16(9-12-20)17-7-10-19-13-15(17)2/h3-13H,1-2H3/q+1. The molecule has 20 heavy (non-hydrogen) atoms. The van der Waals surface area contributed by atoms with Crippen LogP contribution in [0.1, 0.15) is 11.1 Å². The first-order chi connectivity index (χ1) is 9.75. The molecular weight excluding hydrogens is 244 g/mol. The van der Waals surface area contributed by atoms with E-state index in [9.17, 15) is 0 Å². The molecule has 0 amide bonds. The van der Waals surface area contributed by atoms with Gasteiger partial charge in [-0.3, -0.25) is 4.98 Å². The van der Waals surface area contributed by atoms with E-state index in [0.717, 1.165) is 0 Å². The van der Waals surface area contributed by atoms with Crippen LogP contribution >= 0.6 is 0 Å². The van der Waals surface area contributed by atoms with Gasteiger partial charge in [0.25, 0.3) is 0 Å². The molecule has 0 spiro atoms. The zero-order valence-electron chi connectivity index (χ0n) is 11.7. The molecule has 2 aromatic heterocycles. The second-order valence-corrected chi connectivity index (χ2v) is 4.97. The zero-order valence-corrected chi connectivity index (χ0v) is 11.7. The van der Waals surface area contributed by atoms with E-state index < -0.39 is 0 Å². The maximum atomic E-state index is 4.14. The molecule has 0 saturated heterocycles. The second kappa shape index (κ2) is 5.25. The lowest BCUT2D eigenvalue weighted by molar-refractivity contribution is -0.596. The Labute approximate surface area is 119 Å². The number of nitrogens with zero attached hydrogens (tertiary/aromatic N) is 2. The van der Waals surface area contributed by atoms with Gasteiger partial charge in [-0.05, 0) is 36.6 Å². The fourth-order valence-electron chi connectivity index (χ4n) is 2.42. The van der Waals surface area contributed by atoms with Crippen LogP contribution in [0, 0.1) is 13.8 Å². The lowest BCUT2D eigenvalue weighted by atomic mass is 10.0. The third-order valence-corrected chi connectivity index (χ3v) is 3.55. The molecule has 0 atom stereocenters. The van der Waals surface area contributed by atoms with Crippen molar-refractivity contribution < 1.29 is 4.57 Å². The highest BCUT2D eigenvalue weighted by atomic mass is 14.9. The molecule has 0 unspecified atom stereocenters. The highest BCUT2D eigenvalue weighted by molar-refractivity contribution is 5.65. The molecule has 0 radical (unpaired) electrons. The first-order valence-corrected chi connectivity index (χ1v) is 6.74. The summed E-state index contributed by atoms with van der Waals surface area (Å²) in [6.45, 7) is 4.22. The van der Waals surface area contributed by atoms with Gasteiger partial charge in [0.15, 0.2) is 12.4 Å². The lowest BCUT2D eigenvalue weighted by Gasteiger charge is -2.04. The minimum absolute atomic E-state index is 1.20. The van der Waals surface area contributed by atoms with Crippen LogP contribution in [0.4, 0.5) is 0 Å². The fraction of sp³-hybridized carbons (Fsp3) is 0.111. The average molecular weight is 261 g/mol. The molecule has 0 fully saturated rings. The van der Waals surface area contributed by atoms with E-state index in [-0.39, 0.29) is 0 Å². The Morgan fingerprint density at radius 1 is 0.850 bits per heavy atom. The Morgan fingerprint density at radius 3 is 2.30 bits per heavy atom. The van der Waals surface area contributed by atoms with E-state index in [0.29, 0.717) is 0 Å². The second-order valence-electron chi connectivity index (χ2n) is 4.97. The molecule has 2 nitrogen and oxygen atoms in total. The van der Waals surface area contributed by atoms with Gasteiger partial charge in [0, 0.05) is 36.2 Å². The van der Waals surface area contributed by atoms with Crippen molar-refractivity contribution in [1.82, 2.24) is 4.98 Å². The molecule has 3 rings (SSSR count). The van der Waals surface area contributed by atoms with Gasteiger partial charge in [-0.2, -0.15) is 4.57 Å². The van der Waals surface area contributed by atoms with Crippen LogP contribution in [0.3, 0.4) is 0 Å². The summed E-state index contributed by atoms with van der Waals surface area (Å²) in [6, 6.07) is 14.7. The van der Waals surface area contributed by atoms with Crippen molar-refractivity contribution in [2.24, 2.45) is 0 Å². The van der Waals surface area contributed by atoms with E-state index in [1.165, 1.54) is 27.9 Å². The summed E-state index contributed by atoms with van der Waals surface area (Å²) < 4.78 is 2.15. The largest absolute Gasteiger partial charge is 0.264 e. The Balaban J connectivity index is 2.01. The maximum Gasteiger partial charge on any atom is 0.213 e. The summed E-state index contributed by atoms with van der Waals surface area (Å²) in [6.07, 6.45) is 7.96. The van der Waals surface area contributed by atoms with E-state index >= 15 is 0 Å². The van der Waals surface area contributed by atoms with E-state index in [2.05, 4.69) is 78.3 Å². The average Bonchev–Trinajstić information content (AvgIpc) is 2.49. The van der Waals surface area contributed by atoms with Gasteiger partial charge in [0.05, 0.1) is 0 Å². The number of hydrogen-bond acceptors (Lipinski definition) is 1. The predicted octanol–water partition coefficient (Wildman–Crippen LogP) is 3.64. The highest BCUT2D eigenvalue weighted by Gasteiger charge is 2.09. The van der Waals surface area contributed by atoms with E-state index in [1.54, 1.807) is 0 Å². The topological polar surface area (TPSA) is 16.8 Å². The summed E-state index contributed by atoms with van der Waals surface area (Å²) >= 11 is 0. The molecule has 2 heterocycles. The van der Waals surface area contributed by atoms with Gasteiger partial charge < -0.3 is 0 Å². The number of hydrogen-bond donors (Lipinski definition) is 0. The Bertz CT molecular complexity index is 666. The molecule has 0 N–H and O–H groups in total. The van der Waals surface area contributed by atoms with Gasteiger partial charge >= 0.3 is 0 Å². The predicted molar refractivity (Wildman–Crippen MR) is 80.7 cm³/mol. The Hall–Kier alpha value is -2.48. The molecule has 1 aromatic carbocycles. The van der Waals surface area contributed by atoms with Crippen molar-refractivity contribution in [3.05, 3.63) is 78.4 Å². The van der Waals surface area contributed by atoms with Crippen LogP contribution in [0.5, 0.6) is 0 Å². The molecule has 3 aromatic rings. The molecule has 98 valence electrons. The van der Waals surface area contributed by atoms with Crippen molar-refractivity contribution in [1.29, 1.82) is 0 Å². The minimum atomic E-state index is 1.20. The van der Waals surface area contributed by atoms with Crippen molar-refractivity contribution in [2.75, 3.05) is 0 Å². The number of aryl methyl sites for hydroxylation is 2. The molecule has 0 aliphatic rings. The molecule has 0 aliphatic carbocycles. The zero-order chi connectivity index (χ0) is 13.9. The molecule has 2 heteroatoms. The Morgan fingerprint density at radius 2 is 1.60 bits per heavy atom. The fourth-order valence-corrected chi connectivity index (χ4v) is 2.42. The monoisotopic (exact) mass is 261 g/mol. The van der Waals surface area contributed by atoms with Gasteiger partial charge in [-0.1, -0.05) is 18.2 Å². The summed E-state index contributed by atoms with van der Waals surface area (Å²) in [5.41, 5.74) is 6.13. The quantitative estimate of drug-likeness (QED) is 0.643.